The smallest absolute Gasteiger partial charge is 0.377 e. The van der Waals surface area contributed by atoms with Crippen molar-refractivity contribution in [3.05, 3.63) is 0 Å². The van der Waals surface area contributed by atoms with Crippen LogP contribution in [0.15, 0.2) is 0 Å². The summed E-state index contributed by atoms with van der Waals surface area (Å²) in [7, 11) is -0.637. The predicted octanol–water partition coefficient (Wildman–Crippen LogP) is 2.08. The SMILES string of the molecule is CCN(CC)CCC[Si]1(OC)OCCSCCO1. The molecule has 1 aliphatic rings. The molecule has 0 aromatic heterocycles. The van der Waals surface area contributed by atoms with Crippen molar-refractivity contribution in [3.8, 4) is 0 Å². The molecule has 0 atom stereocenters. The van der Waals surface area contributed by atoms with Gasteiger partial charge < -0.3 is 18.2 Å². The largest absolute Gasteiger partial charge is 0.500 e. The molecule has 0 unspecified atom stereocenters. The summed E-state index contributed by atoms with van der Waals surface area (Å²) in [5.41, 5.74) is 0. The van der Waals surface area contributed by atoms with Gasteiger partial charge in [0.2, 0.25) is 0 Å². The first-order valence-corrected chi connectivity index (χ1v) is 9.98. The molecule has 6 heteroatoms. The van der Waals surface area contributed by atoms with E-state index in [9.17, 15) is 0 Å². The van der Waals surface area contributed by atoms with Crippen molar-refractivity contribution in [2.24, 2.45) is 0 Å². The van der Waals surface area contributed by atoms with Crippen molar-refractivity contribution in [3.63, 3.8) is 0 Å². The van der Waals surface area contributed by atoms with Crippen LogP contribution in [0.4, 0.5) is 0 Å². The molecule has 1 rings (SSSR count). The van der Waals surface area contributed by atoms with E-state index in [2.05, 4.69) is 18.7 Å². The summed E-state index contributed by atoms with van der Waals surface area (Å²) in [5.74, 6) is 2.11. The molecular weight excluding hydrogens is 266 g/mol. The number of hydrogen-bond donors (Lipinski definition) is 0. The van der Waals surface area contributed by atoms with Gasteiger partial charge in [0, 0.05) is 37.9 Å². The third-order valence-electron chi connectivity index (χ3n) is 3.26. The summed E-state index contributed by atoms with van der Waals surface area (Å²) < 4.78 is 17.5. The first-order chi connectivity index (χ1) is 8.76. The van der Waals surface area contributed by atoms with Gasteiger partial charge >= 0.3 is 8.80 Å². The van der Waals surface area contributed by atoms with Crippen LogP contribution >= 0.6 is 11.8 Å². The number of hydrogen-bond acceptors (Lipinski definition) is 5. The highest BCUT2D eigenvalue weighted by atomic mass is 32.2. The van der Waals surface area contributed by atoms with Gasteiger partial charge in [0.05, 0.1) is 0 Å². The molecule has 0 aliphatic carbocycles. The van der Waals surface area contributed by atoms with Gasteiger partial charge in [-0.25, -0.2) is 0 Å². The van der Waals surface area contributed by atoms with Crippen LogP contribution in [0.25, 0.3) is 0 Å². The minimum Gasteiger partial charge on any atom is -0.377 e. The monoisotopic (exact) mass is 293 g/mol. The Morgan fingerprint density at radius 3 is 2.28 bits per heavy atom. The van der Waals surface area contributed by atoms with E-state index in [0.29, 0.717) is 0 Å². The van der Waals surface area contributed by atoms with Crippen LogP contribution in [0.5, 0.6) is 0 Å². The second-order valence-electron chi connectivity index (χ2n) is 4.33. The lowest BCUT2D eigenvalue weighted by molar-refractivity contribution is 0.0848. The lowest BCUT2D eigenvalue weighted by Gasteiger charge is -2.30. The fraction of sp³-hybridized carbons (Fsp3) is 1.00. The minimum absolute atomic E-state index is 0.760. The van der Waals surface area contributed by atoms with Gasteiger partial charge in [-0.2, -0.15) is 11.8 Å². The zero-order chi connectivity index (χ0) is 13.3. The van der Waals surface area contributed by atoms with E-state index in [1.54, 1.807) is 7.11 Å². The van der Waals surface area contributed by atoms with E-state index in [0.717, 1.165) is 56.8 Å². The summed E-state index contributed by atoms with van der Waals surface area (Å²) in [5, 5.41) is 0. The number of thioether (sulfide) groups is 1. The van der Waals surface area contributed by atoms with Crippen LogP contribution in [0.3, 0.4) is 0 Å². The lowest BCUT2D eigenvalue weighted by atomic mass is 10.4. The average Bonchev–Trinajstić information content (AvgIpc) is 2.37. The summed E-state index contributed by atoms with van der Waals surface area (Å²) >= 11 is 1.88. The van der Waals surface area contributed by atoms with Gasteiger partial charge in [0.1, 0.15) is 0 Å². The van der Waals surface area contributed by atoms with E-state index in [4.69, 9.17) is 13.3 Å². The molecule has 1 saturated heterocycles. The third kappa shape index (κ3) is 5.58. The van der Waals surface area contributed by atoms with Crippen LogP contribution in [-0.2, 0) is 13.3 Å². The van der Waals surface area contributed by atoms with E-state index < -0.39 is 8.80 Å². The van der Waals surface area contributed by atoms with Gasteiger partial charge in [0.25, 0.3) is 0 Å². The van der Waals surface area contributed by atoms with Crippen molar-refractivity contribution in [2.45, 2.75) is 26.3 Å². The number of rotatable bonds is 7. The Bertz CT molecular complexity index is 209. The molecule has 0 radical (unpaired) electrons. The normalized spacial score (nSPS) is 20.7. The van der Waals surface area contributed by atoms with Gasteiger partial charge in [-0.05, 0) is 26.1 Å². The topological polar surface area (TPSA) is 30.9 Å². The Morgan fingerprint density at radius 2 is 1.78 bits per heavy atom. The van der Waals surface area contributed by atoms with Crippen molar-refractivity contribution < 1.29 is 13.3 Å². The summed E-state index contributed by atoms with van der Waals surface area (Å²) in [4.78, 5) is 2.43. The molecule has 1 aliphatic heterocycles. The molecule has 0 amide bonds. The van der Waals surface area contributed by atoms with Crippen LogP contribution in [0, 0.1) is 0 Å². The molecular formula is C12H27NO3SSi. The van der Waals surface area contributed by atoms with Crippen molar-refractivity contribution in [1.82, 2.24) is 4.90 Å². The third-order valence-corrected chi connectivity index (χ3v) is 7.05. The Kier molecular flexibility index (Phi) is 8.53. The first-order valence-electron chi connectivity index (χ1n) is 6.89. The molecule has 1 heterocycles. The molecule has 0 spiro atoms. The zero-order valence-corrected chi connectivity index (χ0v) is 13.8. The number of nitrogens with zero attached hydrogens (tertiary/aromatic N) is 1. The fourth-order valence-corrected chi connectivity index (χ4v) is 5.21. The molecule has 0 bridgehead atoms. The minimum atomic E-state index is -2.37. The van der Waals surface area contributed by atoms with E-state index in [1.165, 1.54) is 0 Å². The van der Waals surface area contributed by atoms with Gasteiger partial charge in [-0.3, -0.25) is 0 Å². The maximum absolute atomic E-state index is 5.92. The molecule has 0 saturated carbocycles. The summed E-state index contributed by atoms with van der Waals surface area (Å²) in [6.45, 7) is 9.24. The molecule has 0 aromatic carbocycles. The summed E-state index contributed by atoms with van der Waals surface area (Å²) in [6.07, 6.45) is 1.09. The summed E-state index contributed by atoms with van der Waals surface area (Å²) in [6, 6.07) is 0.935. The predicted molar refractivity (Wildman–Crippen MR) is 79.2 cm³/mol. The van der Waals surface area contributed by atoms with E-state index in [1.807, 2.05) is 11.8 Å². The Morgan fingerprint density at radius 1 is 1.17 bits per heavy atom. The van der Waals surface area contributed by atoms with Gasteiger partial charge in [-0.1, -0.05) is 13.8 Å². The second kappa shape index (κ2) is 9.33. The molecule has 1 fully saturated rings. The molecule has 108 valence electrons. The van der Waals surface area contributed by atoms with Crippen LogP contribution < -0.4 is 0 Å². The maximum Gasteiger partial charge on any atom is 0.500 e. The Balaban J connectivity index is 2.37. The molecule has 18 heavy (non-hydrogen) atoms. The molecule has 0 N–H and O–H groups in total. The highest BCUT2D eigenvalue weighted by Crippen LogP contribution is 2.20. The first kappa shape index (κ1) is 16.5. The Labute approximate surface area is 117 Å². The van der Waals surface area contributed by atoms with E-state index in [-0.39, 0.29) is 0 Å². The van der Waals surface area contributed by atoms with Gasteiger partial charge in [-0.15, -0.1) is 0 Å². The zero-order valence-electron chi connectivity index (χ0n) is 11.9. The average molecular weight is 294 g/mol. The lowest BCUT2D eigenvalue weighted by Crippen LogP contribution is -2.47. The van der Waals surface area contributed by atoms with Crippen LogP contribution in [-0.4, -0.2) is 65.2 Å². The van der Waals surface area contributed by atoms with Crippen molar-refractivity contribution in [1.29, 1.82) is 0 Å². The second-order valence-corrected chi connectivity index (χ2v) is 8.40. The molecule has 0 aromatic rings. The maximum atomic E-state index is 5.92. The van der Waals surface area contributed by atoms with Crippen molar-refractivity contribution in [2.75, 3.05) is 51.5 Å². The highest BCUT2D eigenvalue weighted by molar-refractivity contribution is 7.99. The van der Waals surface area contributed by atoms with E-state index >= 15 is 0 Å². The van der Waals surface area contributed by atoms with Crippen LogP contribution in [0.1, 0.15) is 20.3 Å². The van der Waals surface area contributed by atoms with Crippen LogP contribution in [0.2, 0.25) is 6.04 Å². The fourth-order valence-electron chi connectivity index (χ4n) is 2.08. The standard InChI is InChI=1S/C12H27NO3SSi/c1-4-13(5-2)7-6-12-18(14-3)15-8-10-17-11-9-16-18/h4-12H2,1-3H3. The Hall–Kier alpha value is 0.407. The van der Waals surface area contributed by atoms with Crippen molar-refractivity contribution >= 4 is 20.6 Å². The highest BCUT2D eigenvalue weighted by Gasteiger charge is 2.40. The molecule has 4 nitrogen and oxygen atoms in total. The quantitative estimate of drug-likeness (QED) is 0.671. The van der Waals surface area contributed by atoms with Gasteiger partial charge in [0.15, 0.2) is 0 Å².